The molecule has 1 aromatic rings. The Kier molecular flexibility index (Phi) is 3.99. The maximum Gasteiger partial charge on any atom is 0.217 e. The summed E-state index contributed by atoms with van der Waals surface area (Å²) < 4.78 is 5.10. The smallest absolute Gasteiger partial charge is 0.217 e. The number of rotatable bonds is 5. The summed E-state index contributed by atoms with van der Waals surface area (Å²) in [6, 6.07) is 3.88. The second kappa shape index (κ2) is 5.32. The van der Waals surface area contributed by atoms with Gasteiger partial charge in [-0.05, 0) is 6.07 Å². The molecule has 0 aliphatic rings. The third kappa shape index (κ3) is 2.87. The van der Waals surface area contributed by atoms with Crippen molar-refractivity contribution in [3.8, 4) is 5.88 Å². The lowest BCUT2D eigenvalue weighted by Crippen LogP contribution is -2.13. The molecule has 0 aliphatic carbocycles. The molecule has 70 valence electrons. The summed E-state index contributed by atoms with van der Waals surface area (Å²) in [6.45, 7) is 5.17. The van der Waals surface area contributed by atoms with Crippen molar-refractivity contribution in [3.63, 3.8) is 0 Å². The van der Waals surface area contributed by atoms with E-state index in [1.165, 1.54) is 0 Å². The topological polar surface area (TPSA) is 34.2 Å². The van der Waals surface area contributed by atoms with Crippen LogP contribution in [0.2, 0.25) is 0 Å². The van der Waals surface area contributed by atoms with Crippen molar-refractivity contribution < 1.29 is 4.74 Å². The van der Waals surface area contributed by atoms with Crippen molar-refractivity contribution in [2.24, 2.45) is 0 Å². The number of nitrogens with zero attached hydrogens (tertiary/aromatic N) is 1. The Labute approximate surface area is 78.4 Å². The molecule has 0 aliphatic heterocycles. The van der Waals surface area contributed by atoms with E-state index in [9.17, 15) is 0 Å². The van der Waals surface area contributed by atoms with Gasteiger partial charge in [-0.2, -0.15) is 0 Å². The van der Waals surface area contributed by atoms with E-state index in [1.54, 1.807) is 13.3 Å². The average molecular weight is 178 g/mol. The lowest BCUT2D eigenvalue weighted by molar-refractivity contribution is 0.391. The zero-order valence-corrected chi connectivity index (χ0v) is 7.79. The summed E-state index contributed by atoms with van der Waals surface area (Å²) in [5, 5.41) is 3.19. The summed E-state index contributed by atoms with van der Waals surface area (Å²) in [5.41, 5.74) is 1.06. The third-order valence-electron chi connectivity index (χ3n) is 1.65. The van der Waals surface area contributed by atoms with E-state index in [0.717, 1.165) is 18.7 Å². The molecule has 0 unspecified atom stereocenters. The van der Waals surface area contributed by atoms with Crippen LogP contribution in [0, 0.1) is 0 Å². The van der Waals surface area contributed by atoms with Crippen molar-refractivity contribution in [2.75, 3.05) is 13.7 Å². The highest BCUT2D eigenvalue weighted by Gasteiger charge is 2.00. The number of ether oxygens (including phenoxy) is 1. The molecule has 0 fully saturated rings. The summed E-state index contributed by atoms with van der Waals surface area (Å²) in [6.07, 6.45) is 3.54. The van der Waals surface area contributed by atoms with Crippen LogP contribution >= 0.6 is 0 Å². The lowest BCUT2D eigenvalue weighted by atomic mass is 10.2. The third-order valence-corrected chi connectivity index (χ3v) is 1.65. The molecule has 0 aromatic carbocycles. The molecule has 0 saturated heterocycles. The number of nitrogens with one attached hydrogen (secondary N) is 1. The minimum Gasteiger partial charge on any atom is -0.481 e. The Balaban J connectivity index is 2.58. The maximum atomic E-state index is 5.10. The predicted octanol–water partition coefficient (Wildman–Crippen LogP) is 1.37. The largest absolute Gasteiger partial charge is 0.481 e. The van der Waals surface area contributed by atoms with Crippen LogP contribution in [0.1, 0.15) is 5.56 Å². The van der Waals surface area contributed by atoms with Crippen molar-refractivity contribution >= 4 is 0 Å². The van der Waals surface area contributed by atoms with Crippen LogP contribution in [-0.4, -0.2) is 18.6 Å². The lowest BCUT2D eigenvalue weighted by Gasteiger charge is -2.06. The fraction of sp³-hybridized carbons (Fsp3) is 0.300. The summed E-state index contributed by atoms with van der Waals surface area (Å²) in [4.78, 5) is 4.09. The quantitative estimate of drug-likeness (QED) is 0.546. The highest BCUT2D eigenvalue weighted by molar-refractivity contribution is 5.24. The van der Waals surface area contributed by atoms with Crippen LogP contribution in [-0.2, 0) is 6.54 Å². The van der Waals surface area contributed by atoms with Gasteiger partial charge in [0.25, 0.3) is 0 Å². The molecule has 3 nitrogen and oxygen atoms in total. The average Bonchev–Trinajstić information content (AvgIpc) is 2.19. The van der Waals surface area contributed by atoms with Gasteiger partial charge in [0.05, 0.1) is 7.11 Å². The van der Waals surface area contributed by atoms with Crippen LogP contribution in [0.4, 0.5) is 0 Å². The summed E-state index contributed by atoms with van der Waals surface area (Å²) in [7, 11) is 1.62. The number of pyridine rings is 1. The van der Waals surface area contributed by atoms with E-state index in [2.05, 4.69) is 16.9 Å². The Bertz CT molecular complexity index is 273. The van der Waals surface area contributed by atoms with E-state index in [0.29, 0.717) is 5.88 Å². The Morgan fingerprint density at radius 1 is 1.69 bits per heavy atom. The molecule has 0 bridgehead atoms. The highest BCUT2D eigenvalue weighted by Crippen LogP contribution is 2.12. The molecule has 0 saturated carbocycles. The zero-order chi connectivity index (χ0) is 9.52. The van der Waals surface area contributed by atoms with Crippen LogP contribution in [0.15, 0.2) is 31.0 Å². The molecule has 1 aromatic heterocycles. The van der Waals surface area contributed by atoms with Gasteiger partial charge in [0, 0.05) is 24.8 Å². The molecule has 3 heteroatoms. The normalized spacial score (nSPS) is 9.62. The number of methoxy groups -OCH3 is 1. The minimum absolute atomic E-state index is 0.680. The SMILES string of the molecule is C=CCNCc1cccnc1OC. The van der Waals surface area contributed by atoms with Gasteiger partial charge in [-0.3, -0.25) is 0 Å². The Morgan fingerprint density at radius 3 is 3.23 bits per heavy atom. The first-order valence-corrected chi connectivity index (χ1v) is 4.18. The second-order valence-corrected chi connectivity index (χ2v) is 2.59. The van der Waals surface area contributed by atoms with E-state index in [1.807, 2.05) is 18.2 Å². The molecule has 0 atom stereocenters. The molecule has 1 heterocycles. The van der Waals surface area contributed by atoms with Gasteiger partial charge in [-0.15, -0.1) is 6.58 Å². The fourth-order valence-electron chi connectivity index (χ4n) is 1.05. The highest BCUT2D eigenvalue weighted by atomic mass is 16.5. The molecule has 0 spiro atoms. The molecule has 1 rings (SSSR count). The summed E-state index contributed by atoms with van der Waals surface area (Å²) in [5.74, 6) is 0.680. The first-order valence-electron chi connectivity index (χ1n) is 4.18. The number of hydrogen-bond donors (Lipinski definition) is 1. The minimum atomic E-state index is 0.680. The van der Waals surface area contributed by atoms with E-state index in [-0.39, 0.29) is 0 Å². The molecule has 1 N–H and O–H groups in total. The standard InChI is InChI=1S/C10H14N2O/c1-3-6-11-8-9-5-4-7-12-10(9)13-2/h3-5,7,11H,1,6,8H2,2H3. The van der Waals surface area contributed by atoms with Gasteiger partial charge in [0.1, 0.15) is 0 Å². The molecular weight excluding hydrogens is 164 g/mol. The van der Waals surface area contributed by atoms with Gasteiger partial charge in [-0.1, -0.05) is 12.1 Å². The summed E-state index contributed by atoms with van der Waals surface area (Å²) >= 11 is 0. The number of hydrogen-bond acceptors (Lipinski definition) is 3. The monoisotopic (exact) mass is 178 g/mol. The molecule has 0 amide bonds. The van der Waals surface area contributed by atoms with Gasteiger partial charge >= 0.3 is 0 Å². The Morgan fingerprint density at radius 2 is 2.54 bits per heavy atom. The first kappa shape index (κ1) is 9.74. The van der Waals surface area contributed by atoms with Gasteiger partial charge in [0.2, 0.25) is 5.88 Å². The van der Waals surface area contributed by atoms with Gasteiger partial charge in [-0.25, -0.2) is 4.98 Å². The van der Waals surface area contributed by atoms with Crippen LogP contribution in [0.3, 0.4) is 0 Å². The van der Waals surface area contributed by atoms with Crippen LogP contribution < -0.4 is 10.1 Å². The molecular formula is C10H14N2O. The fourth-order valence-corrected chi connectivity index (χ4v) is 1.05. The van der Waals surface area contributed by atoms with E-state index in [4.69, 9.17) is 4.74 Å². The number of aromatic nitrogens is 1. The van der Waals surface area contributed by atoms with Crippen molar-refractivity contribution in [1.82, 2.24) is 10.3 Å². The molecule has 13 heavy (non-hydrogen) atoms. The maximum absolute atomic E-state index is 5.10. The second-order valence-electron chi connectivity index (χ2n) is 2.59. The van der Waals surface area contributed by atoms with Gasteiger partial charge in [0.15, 0.2) is 0 Å². The van der Waals surface area contributed by atoms with Crippen LogP contribution in [0.5, 0.6) is 5.88 Å². The van der Waals surface area contributed by atoms with Crippen molar-refractivity contribution in [2.45, 2.75) is 6.54 Å². The first-order chi connectivity index (χ1) is 6.38. The zero-order valence-electron chi connectivity index (χ0n) is 7.79. The van der Waals surface area contributed by atoms with Crippen molar-refractivity contribution in [3.05, 3.63) is 36.5 Å². The van der Waals surface area contributed by atoms with Crippen molar-refractivity contribution in [1.29, 1.82) is 0 Å². The van der Waals surface area contributed by atoms with E-state index >= 15 is 0 Å². The molecule has 0 radical (unpaired) electrons. The Hall–Kier alpha value is -1.35. The van der Waals surface area contributed by atoms with Crippen LogP contribution in [0.25, 0.3) is 0 Å². The van der Waals surface area contributed by atoms with Gasteiger partial charge < -0.3 is 10.1 Å². The van der Waals surface area contributed by atoms with E-state index < -0.39 is 0 Å². The predicted molar refractivity (Wildman–Crippen MR) is 52.7 cm³/mol.